The van der Waals surface area contributed by atoms with E-state index in [1.54, 1.807) is 6.08 Å². The van der Waals surface area contributed by atoms with Gasteiger partial charge in [-0.3, -0.25) is 10.1 Å². The fraction of sp³-hybridized carbons (Fsp3) is 0.0750. The molecule has 3 N–H and O–H groups in total. The van der Waals surface area contributed by atoms with E-state index in [0.29, 0.717) is 22.5 Å². The van der Waals surface area contributed by atoms with Crippen molar-refractivity contribution >= 4 is 44.9 Å². The van der Waals surface area contributed by atoms with Crippen molar-refractivity contribution in [3.63, 3.8) is 0 Å². The van der Waals surface area contributed by atoms with Crippen LogP contribution in [0.3, 0.4) is 0 Å². The molecule has 0 spiro atoms. The lowest BCUT2D eigenvalue weighted by molar-refractivity contribution is -0.374. The maximum Gasteiger partial charge on any atom is 0.297 e. The molecule has 7 heteroatoms. The number of aryl methyl sites for hydroxylation is 3. The van der Waals surface area contributed by atoms with Gasteiger partial charge in [0.05, 0.1) is 16.1 Å². The summed E-state index contributed by atoms with van der Waals surface area (Å²) >= 11 is 0. The smallest absolute Gasteiger partial charge is 0.297 e. The molecule has 5 heterocycles. The van der Waals surface area contributed by atoms with Gasteiger partial charge in [-0.15, -0.1) is 0 Å². The highest BCUT2D eigenvalue weighted by Gasteiger charge is 2.27. The van der Waals surface area contributed by atoms with Gasteiger partial charge >= 0.3 is 0 Å². The molecule has 0 unspecified atom stereocenters. The summed E-state index contributed by atoms with van der Waals surface area (Å²) in [5.74, 6) is 0. The molecule has 0 fully saturated rings. The Morgan fingerprint density at radius 3 is 1.23 bits per heavy atom. The molecule has 7 nitrogen and oxygen atoms in total. The average Bonchev–Trinajstić information content (AvgIpc) is 3.89. The molecule has 0 amide bonds. The number of aromatic nitrogens is 4. The lowest BCUT2D eigenvalue weighted by Gasteiger charge is -2.06. The topological polar surface area (TPSA) is 103 Å². The van der Waals surface area contributed by atoms with E-state index in [9.17, 15) is 10.1 Å². The zero-order valence-electron chi connectivity index (χ0n) is 26.2. The normalized spacial score (nSPS) is 12.0. The average molecular weight is 614 g/mol. The SMILES string of the molecule is Cc1ccc(-c2c3nc(c4ccc([nH]4)c(-c4ccc(C)cc4)c4ccc([nH]4)c(-c4ccc(C)cc4)c4ccc2[nH]4)C=C3[N+](=O)[O-])cc1. The molecule has 0 radical (unpaired) electrons. The molecule has 3 aromatic carbocycles. The van der Waals surface area contributed by atoms with Crippen LogP contribution in [-0.2, 0) is 0 Å². The molecule has 0 saturated carbocycles. The fourth-order valence-corrected chi connectivity index (χ4v) is 6.43. The molecule has 7 aromatic rings. The van der Waals surface area contributed by atoms with E-state index >= 15 is 0 Å². The third-order valence-electron chi connectivity index (χ3n) is 8.88. The molecular weight excluding hydrogens is 582 g/mol. The van der Waals surface area contributed by atoms with Crippen molar-refractivity contribution in [3.8, 4) is 33.4 Å². The predicted molar refractivity (Wildman–Crippen MR) is 192 cm³/mol. The Labute approximate surface area is 270 Å². The van der Waals surface area contributed by atoms with Crippen molar-refractivity contribution in [2.45, 2.75) is 20.8 Å². The van der Waals surface area contributed by atoms with Gasteiger partial charge in [-0.1, -0.05) is 89.5 Å². The van der Waals surface area contributed by atoms with Crippen LogP contribution in [0.25, 0.3) is 78.3 Å². The van der Waals surface area contributed by atoms with Crippen LogP contribution in [-0.4, -0.2) is 24.9 Å². The van der Waals surface area contributed by atoms with Crippen molar-refractivity contribution in [1.29, 1.82) is 0 Å². The highest BCUT2D eigenvalue weighted by molar-refractivity contribution is 6.01. The van der Waals surface area contributed by atoms with E-state index in [4.69, 9.17) is 4.98 Å². The van der Waals surface area contributed by atoms with Gasteiger partial charge < -0.3 is 15.0 Å². The van der Waals surface area contributed by atoms with Gasteiger partial charge in [-0.2, -0.15) is 0 Å². The summed E-state index contributed by atoms with van der Waals surface area (Å²) in [4.78, 5) is 28.2. The van der Waals surface area contributed by atoms with Crippen molar-refractivity contribution in [2.75, 3.05) is 0 Å². The van der Waals surface area contributed by atoms with Crippen LogP contribution >= 0.6 is 0 Å². The van der Waals surface area contributed by atoms with Crippen molar-refractivity contribution in [2.24, 2.45) is 0 Å². The minimum Gasteiger partial charge on any atom is -0.354 e. The zero-order valence-corrected chi connectivity index (χ0v) is 26.2. The minimum atomic E-state index is -0.343. The second-order valence-corrected chi connectivity index (χ2v) is 12.2. The number of hydrogen-bond acceptors (Lipinski definition) is 3. The molecule has 0 saturated heterocycles. The molecule has 4 aromatic heterocycles. The number of nitrogens with one attached hydrogen (secondary N) is 3. The summed E-state index contributed by atoms with van der Waals surface area (Å²) < 4.78 is 0. The third-order valence-corrected chi connectivity index (χ3v) is 8.88. The Morgan fingerprint density at radius 1 is 0.489 bits per heavy atom. The molecule has 1 aliphatic rings. The first kappa shape index (κ1) is 28.3. The standard InChI is InChI=1S/C40H31N5O2/c1-23-4-10-26(11-5-23)37-30-17-16-29(41-30)35-22-36(45(46)47)40(44-35)39(28-14-8-25(3)9-15-28)34-21-20-33(43-34)38(32-19-18-31(37)42-32)27-12-6-24(2)7-13-27/h4-22,41-43H,1-3H3. The van der Waals surface area contributed by atoms with Gasteiger partial charge in [0.2, 0.25) is 0 Å². The third kappa shape index (κ3) is 4.98. The Morgan fingerprint density at radius 2 is 0.830 bits per heavy atom. The molecule has 47 heavy (non-hydrogen) atoms. The van der Waals surface area contributed by atoms with E-state index < -0.39 is 0 Å². The van der Waals surface area contributed by atoms with Crippen molar-refractivity contribution in [1.82, 2.24) is 19.9 Å². The van der Waals surface area contributed by atoms with Crippen LogP contribution in [0.2, 0.25) is 0 Å². The Balaban J connectivity index is 1.58. The maximum absolute atomic E-state index is 12.6. The van der Waals surface area contributed by atoms with E-state index in [-0.39, 0.29) is 10.6 Å². The predicted octanol–water partition coefficient (Wildman–Crippen LogP) is 10.2. The van der Waals surface area contributed by atoms with Crippen LogP contribution in [0.4, 0.5) is 0 Å². The number of rotatable bonds is 4. The number of hydrogen-bond donors (Lipinski definition) is 3. The number of nitrogens with zero attached hydrogens (tertiary/aromatic N) is 2. The Hall–Kier alpha value is -6.21. The first-order chi connectivity index (χ1) is 22.8. The molecule has 8 bridgehead atoms. The summed E-state index contributed by atoms with van der Waals surface area (Å²) in [6.07, 6.45) is 1.57. The Bertz CT molecular complexity index is 2490. The number of benzene rings is 3. The van der Waals surface area contributed by atoms with Gasteiger partial charge in [-0.05, 0) is 73.9 Å². The van der Waals surface area contributed by atoms with Gasteiger partial charge in [0.25, 0.3) is 5.70 Å². The highest BCUT2D eigenvalue weighted by Crippen LogP contribution is 2.38. The summed E-state index contributed by atoms with van der Waals surface area (Å²) in [6.45, 7) is 6.18. The number of nitro groups is 1. The molecular formula is C40H31N5O2. The van der Waals surface area contributed by atoms with Crippen LogP contribution in [0, 0.1) is 30.9 Å². The lowest BCUT2D eigenvalue weighted by atomic mass is 10.0. The van der Waals surface area contributed by atoms with Crippen molar-refractivity contribution < 1.29 is 4.92 Å². The maximum atomic E-state index is 12.6. The van der Waals surface area contributed by atoms with Crippen LogP contribution in [0.1, 0.15) is 28.1 Å². The Kier molecular flexibility index (Phi) is 6.62. The van der Waals surface area contributed by atoms with Gasteiger partial charge in [-0.25, -0.2) is 4.98 Å². The second kappa shape index (κ2) is 11.0. The number of fused-ring (bicyclic) bond motifs is 9. The molecule has 228 valence electrons. The quantitative estimate of drug-likeness (QED) is 0.136. The largest absolute Gasteiger partial charge is 0.354 e. The summed E-state index contributed by atoms with van der Waals surface area (Å²) in [7, 11) is 0. The molecule has 0 atom stereocenters. The van der Waals surface area contributed by atoms with Gasteiger partial charge in [0, 0.05) is 50.3 Å². The second-order valence-electron chi connectivity index (χ2n) is 12.2. The zero-order chi connectivity index (χ0) is 32.2. The molecule has 8 rings (SSSR count). The van der Waals surface area contributed by atoms with Gasteiger partial charge in [0.15, 0.2) is 5.69 Å². The monoisotopic (exact) mass is 613 g/mol. The minimum absolute atomic E-state index is 0.0485. The molecule has 0 aliphatic carbocycles. The lowest BCUT2D eigenvalue weighted by Crippen LogP contribution is -1.98. The van der Waals surface area contributed by atoms with E-state index in [1.165, 1.54) is 11.1 Å². The van der Waals surface area contributed by atoms with Crippen LogP contribution in [0.5, 0.6) is 0 Å². The van der Waals surface area contributed by atoms with Crippen molar-refractivity contribution in [3.05, 3.63) is 147 Å². The van der Waals surface area contributed by atoms with E-state index in [2.05, 4.69) is 89.5 Å². The first-order valence-corrected chi connectivity index (χ1v) is 15.6. The molecule has 1 aliphatic heterocycles. The van der Waals surface area contributed by atoms with Crippen LogP contribution in [0.15, 0.2) is 109 Å². The summed E-state index contributed by atoms with van der Waals surface area (Å²) in [5, 5.41) is 12.6. The van der Waals surface area contributed by atoms with E-state index in [1.807, 2.05) is 55.5 Å². The highest BCUT2D eigenvalue weighted by atomic mass is 16.6. The summed E-state index contributed by atoms with van der Waals surface area (Å²) in [5.41, 5.74) is 14.8. The fourth-order valence-electron chi connectivity index (χ4n) is 6.43. The van der Waals surface area contributed by atoms with E-state index in [0.717, 1.165) is 61.0 Å². The summed E-state index contributed by atoms with van der Waals surface area (Å²) in [6, 6.07) is 37.2. The number of aromatic amines is 3. The van der Waals surface area contributed by atoms with Crippen LogP contribution < -0.4 is 0 Å². The number of H-pyrrole nitrogens is 3. The first-order valence-electron chi connectivity index (χ1n) is 15.6. The van der Waals surface area contributed by atoms with Gasteiger partial charge in [0.1, 0.15) is 0 Å².